The van der Waals surface area contributed by atoms with Gasteiger partial charge in [-0.2, -0.15) is 10.1 Å². The van der Waals surface area contributed by atoms with Gasteiger partial charge in [0.15, 0.2) is 5.82 Å². The fourth-order valence-electron chi connectivity index (χ4n) is 2.67. The van der Waals surface area contributed by atoms with Gasteiger partial charge in [-0.1, -0.05) is 19.9 Å². The molecule has 0 aliphatic rings. The van der Waals surface area contributed by atoms with Crippen molar-refractivity contribution in [2.45, 2.75) is 20.4 Å². The second-order valence-electron chi connectivity index (χ2n) is 5.69. The molecule has 0 aromatic carbocycles. The van der Waals surface area contributed by atoms with Crippen LogP contribution in [0.1, 0.15) is 18.7 Å². The summed E-state index contributed by atoms with van der Waals surface area (Å²) in [5, 5.41) is 6.38. The van der Waals surface area contributed by atoms with Crippen molar-refractivity contribution in [1.29, 1.82) is 0 Å². The van der Waals surface area contributed by atoms with E-state index in [4.69, 9.17) is 4.98 Å². The van der Waals surface area contributed by atoms with E-state index in [1.54, 1.807) is 28.4 Å². The summed E-state index contributed by atoms with van der Waals surface area (Å²) in [5.74, 6) is 1.53. The molecule has 0 spiro atoms. The molecule has 3 aromatic rings. The van der Waals surface area contributed by atoms with Crippen molar-refractivity contribution in [3.05, 3.63) is 53.1 Å². The van der Waals surface area contributed by atoms with E-state index in [2.05, 4.69) is 51.2 Å². The van der Waals surface area contributed by atoms with E-state index in [1.165, 1.54) is 4.88 Å². The smallest absolute Gasteiger partial charge is 0.227 e. The SMILES string of the molecule is CCN(CC)CCN(Cc1cccs1)c1nccc(-n2cccn2)n1. The summed E-state index contributed by atoms with van der Waals surface area (Å²) in [5.41, 5.74) is 0. The van der Waals surface area contributed by atoms with Crippen molar-refractivity contribution in [2.75, 3.05) is 31.1 Å². The van der Waals surface area contributed by atoms with Gasteiger partial charge in [0.2, 0.25) is 5.95 Å². The average Bonchev–Trinajstić information content (AvgIpc) is 3.35. The van der Waals surface area contributed by atoms with Crippen LogP contribution in [-0.2, 0) is 6.54 Å². The summed E-state index contributed by atoms with van der Waals surface area (Å²) in [7, 11) is 0. The maximum Gasteiger partial charge on any atom is 0.227 e. The molecule has 0 aliphatic heterocycles. The van der Waals surface area contributed by atoms with Crippen molar-refractivity contribution in [1.82, 2.24) is 24.6 Å². The van der Waals surface area contributed by atoms with E-state index in [0.29, 0.717) is 0 Å². The van der Waals surface area contributed by atoms with Gasteiger partial charge in [0, 0.05) is 42.6 Å². The summed E-state index contributed by atoms with van der Waals surface area (Å²) in [6.45, 7) is 9.20. The summed E-state index contributed by atoms with van der Waals surface area (Å²) < 4.78 is 1.76. The van der Waals surface area contributed by atoms with E-state index in [0.717, 1.165) is 44.5 Å². The highest BCUT2D eigenvalue weighted by Crippen LogP contribution is 2.17. The Balaban J connectivity index is 1.81. The first-order chi connectivity index (χ1) is 12.3. The van der Waals surface area contributed by atoms with Gasteiger partial charge < -0.3 is 9.80 Å². The first-order valence-corrected chi connectivity index (χ1v) is 9.51. The number of hydrogen-bond acceptors (Lipinski definition) is 6. The monoisotopic (exact) mass is 356 g/mol. The Morgan fingerprint density at radius 1 is 1.08 bits per heavy atom. The second kappa shape index (κ2) is 8.73. The number of hydrogen-bond donors (Lipinski definition) is 0. The Hall–Kier alpha value is -2.25. The molecule has 0 N–H and O–H groups in total. The summed E-state index contributed by atoms with van der Waals surface area (Å²) in [4.78, 5) is 15.2. The molecule has 0 amide bonds. The minimum atomic E-state index is 0.744. The Bertz CT molecular complexity index is 737. The van der Waals surface area contributed by atoms with Crippen LogP contribution in [0.4, 0.5) is 5.95 Å². The lowest BCUT2D eigenvalue weighted by Gasteiger charge is -2.26. The van der Waals surface area contributed by atoms with Crippen LogP contribution in [0.3, 0.4) is 0 Å². The lowest BCUT2D eigenvalue weighted by molar-refractivity contribution is 0.308. The number of nitrogens with zero attached hydrogens (tertiary/aromatic N) is 6. The van der Waals surface area contributed by atoms with Crippen LogP contribution in [0.2, 0.25) is 0 Å². The minimum absolute atomic E-state index is 0.744. The average molecular weight is 356 g/mol. The van der Waals surface area contributed by atoms with Gasteiger partial charge in [-0.05, 0) is 30.6 Å². The van der Waals surface area contributed by atoms with Gasteiger partial charge in [0.1, 0.15) is 0 Å². The van der Waals surface area contributed by atoms with E-state index in [9.17, 15) is 0 Å². The van der Waals surface area contributed by atoms with E-state index in [1.807, 2.05) is 18.3 Å². The van der Waals surface area contributed by atoms with Gasteiger partial charge in [-0.25, -0.2) is 9.67 Å². The van der Waals surface area contributed by atoms with Crippen LogP contribution >= 0.6 is 11.3 Å². The molecule has 0 unspecified atom stereocenters. The number of anilines is 1. The largest absolute Gasteiger partial charge is 0.334 e. The Morgan fingerprint density at radius 2 is 1.96 bits per heavy atom. The zero-order valence-corrected chi connectivity index (χ0v) is 15.6. The third kappa shape index (κ3) is 4.64. The molecule has 0 saturated carbocycles. The van der Waals surface area contributed by atoms with Crippen molar-refractivity contribution in [3.63, 3.8) is 0 Å². The standard InChI is InChI=1S/C18H24N6S/c1-3-22(4-2)12-13-23(15-16-7-5-14-25-16)18-19-10-8-17(21-18)24-11-6-9-20-24/h5-11,14H,3-4,12-13,15H2,1-2H3. The maximum atomic E-state index is 4.73. The van der Waals surface area contributed by atoms with Crippen molar-refractivity contribution in [3.8, 4) is 5.82 Å². The molecule has 0 saturated heterocycles. The van der Waals surface area contributed by atoms with Crippen LogP contribution in [0.15, 0.2) is 48.2 Å². The first-order valence-electron chi connectivity index (χ1n) is 8.63. The third-order valence-corrected chi connectivity index (χ3v) is 5.02. The van der Waals surface area contributed by atoms with Crippen LogP contribution in [-0.4, -0.2) is 50.8 Å². The topological polar surface area (TPSA) is 50.1 Å². The molecular formula is C18H24N6S. The first kappa shape index (κ1) is 17.6. The van der Waals surface area contributed by atoms with Gasteiger partial charge >= 0.3 is 0 Å². The highest BCUT2D eigenvalue weighted by atomic mass is 32.1. The predicted octanol–water partition coefficient (Wildman–Crippen LogP) is 3.07. The molecule has 3 aromatic heterocycles. The van der Waals surface area contributed by atoms with E-state index in [-0.39, 0.29) is 0 Å². The lowest BCUT2D eigenvalue weighted by atomic mass is 10.4. The van der Waals surface area contributed by atoms with Gasteiger partial charge in [-0.3, -0.25) is 0 Å². The number of thiophene rings is 1. The van der Waals surface area contributed by atoms with Gasteiger partial charge in [0.05, 0.1) is 6.54 Å². The molecule has 0 bridgehead atoms. The molecule has 7 heteroatoms. The maximum absolute atomic E-state index is 4.73. The Morgan fingerprint density at radius 3 is 2.64 bits per heavy atom. The lowest BCUT2D eigenvalue weighted by Crippen LogP contribution is -2.35. The summed E-state index contributed by atoms with van der Waals surface area (Å²) in [6.07, 6.45) is 5.45. The molecule has 0 atom stereocenters. The molecule has 6 nitrogen and oxygen atoms in total. The van der Waals surface area contributed by atoms with Gasteiger partial charge in [-0.15, -0.1) is 11.3 Å². The fourth-order valence-corrected chi connectivity index (χ4v) is 3.39. The Labute approximate surface area is 152 Å². The molecule has 3 rings (SSSR count). The Kier molecular flexibility index (Phi) is 6.14. The molecule has 0 aliphatic carbocycles. The number of rotatable bonds is 9. The quantitative estimate of drug-likeness (QED) is 0.590. The molecule has 0 radical (unpaired) electrons. The van der Waals surface area contributed by atoms with E-state index < -0.39 is 0 Å². The van der Waals surface area contributed by atoms with Crippen molar-refractivity contribution < 1.29 is 0 Å². The predicted molar refractivity (Wildman–Crippen MR) is 102 cm³/mol. The molecular weight excluding hydrogens is 332 g/mol. The molecule has 3 heterocycles. The molecule has 0 fully saturated rings. The summed E-state index contributed by atoms with van der Waals surface area (Å²) >= 11 is 1.77. The zero-order chi connectivity index (χ0) is 17.5. The normalized spacial score (nSPS) is 11.2. The highest BCUT2D eigenvalue weighted by Gasteiger charge is 2.14. The van der Waals surface area contributed by atoms with Crippen molar-refractivity contribution in [2.24, 2.45) is 0 Å². The van der Waals surface area contributed by atoms with E-state index >= 15 is 0 Å². The highest BCUT2D eigenvalue weighted by molar-refractivity contribution is 7.09. The number of likely N-dealkylation sites (N-methyl/N-ethyl adjacent to an activating group) is 1. The fraction of sp³-hybridized carbons (Fsp3) is 0.389. The van der Waals surface area contributed by atoms with Gasteiger partial charge in [0.25, 0.3) is 0 Å². The minimum Gasteiger partial charge on any atom is -0.334 e. The van der Waals surface area contributed by atoms with Crippen LogP contribution in [0.5, 0.6) is 0 Å². The second-order valence-corrected chi connectivity index (χ2v) is 6.73. The number of aromatic nitrogens is 4. The zero-order valence-electron chi connectivity index (χ0n) is 14.7. The molecule has 25 heavy (non-hydrogen) atoms. The summed E-state index contributed by atoms with van der Waals surface area (Å²) in [6, 6.07) is 8.02. The van der Waals surface area contributed by atoms with Crippen molar-refractivity contribution >= 4 is 17.3 Å². The van der Waals surface area contributed by atoms with Crippen LogP contribution in [0, 0.1) is 0 Å². The van der Waals surface area contributed by atoms with Crippen LogP contribution < -0.4 is 4.90 Å². The third-order valence-electron chi connectivity index (χ3n) is 4.16. The molecule has 132 valence electrons. The van der Waals surface area contributed by atoms with Crippen LogP contribution in [0.25, 0.3) is 5.82 Å².